The molecule has 3 N–H and O–H groups in total. The zero-order chi connectivity index (χ0) is 13.7. The van der Waals surface area contributed by atoms with Crippen LogP contribution in [0.2, 0.25) is 0 Å². The third-order valence-corrected chi connectivity index (χ3v) is 3.51. The number of thiocarbonyl (C=S) groups is 1. The van der Waals surface area contributed by atoms with Gasteiger partial charge < -0.3 is 11.1 Å². The standard InChI is InChI=1S/C12H14BrFN2OS/c1-2-4-9(11(15)18)16-12(17)7-5-3-6-8(14)10(7)13/h3,5-6,9H,2,4H2,1H3,(H2,15,18)(H,16,17). The number of nitrogens with two attached hydrogens (primary N) is 1. The van der Waals surface area contributed by atoms with Crippen LogP contribution in [0.5, 0.6) is 0 Å². The first-order valence-corrected chi connectivity index (χ1v) is 6.71. The second kappa shape index (κ2) is 6.80. The molecule has 18 heavy (non-hydrogen) atoms. The highest BCUT2D eigenvalue weighted by Crippen LogP contribution is 2.20. The largest absolute Gasteiger partial charge is 0.392 e. The van der Waals surface area contributed by atoms with Gasteiger partial charge in [-0.25, -0.2) is 4.39 Å². The molecule has 0 aliphatic heterocycles. The van der Waals surface area contributed by atoms with Crippen molar-refractivity contribution in [3.8, 4) is 0 Å². The van der Waals surface area contributed by atoms with Gasteiger partial charge in [-0.2, -0.15) is 0 Å². The third kappa shape index (κ3) is 3.74. The number of carbonyl (C=O) groups is 1. The molecule has 0 saturated heterocycles. The van der Waals surface area contributed by atoms with Gasteiger partial charge in [0.25, 0.3) is 5.91 Å². The van der Waals surface area contributed by atoms with Crippen molar-refractivity contribution in [1.29, 1.82) is 0 Å². The van der Waals surface area contributed by atoms with Crippen molar-refractivity contribution >= 4 is 39.0 Å². The number of hydrogen-bond donors (Lipinski definition) is 2. The molecule has 0 heterocycles. The maximum Gasteiger partial charge on any atom is 0.253 e. The molecule has 0 aromatic heterocycles. The van der Waals surface area contributed by atoms with Crippen LogP contribution in [0.4, 0.5) is 4.39 Å². The van der Waals surface area contributed by atoms with E-state index >= 15 is 0 Å². The van der Waals surface area contributed by atoms with Gasteiger partial charge in [0, 0.05) is 0 Å². The van der Waals surface area contributed by atoms with E-state index in [1.54, 1.807) is 0 Å². The molecule has 0 saturated carbocycles. The van der Waals surface area contributed by atoms with Gasteiger partial charge in [-0.05, 0) is 34.5 Å². The fourth-order valence-electron chi connectivity index (χ4n) is 1.49. The van der Waals surface area contributed by atoms with Crippen LogP contribution in [-0.4, -0.2) is 16.9 Å². The summed E-state index contributed by atoms with van der Waals surface area (Å²) in [6.45, 7) is 1.97. The predicted octanol–water partition coefficient (Wildman–Crippen LogP) is 2.77. The molecule has 0 radical (unpaired) electrons. The minimum absolute atomic E-state index is 0.140. The third-order valence-electron chi connectivity index (χ3n) is 2.42. The molecule has 1 unspecified atom stereocenters. The second-order valence-electron chi connectivity index (χ2n) is 3.82. The fraction of sp³-hybridized carbons (Fsp3) is 0.333. The zero-order valence-electron chi connectivity index (χ0n) is 9.87. The van der Waals surface area contributed by atoms with Gasteiger partial charge >= 0.3 is 0 Å². The van der Waals surface area contributed by atoms with Gasteiger partial charge in [0.05, 0.1) is 21.1 Å². The van der Waals surface area contributed by atoms with Crippen molar-refractivity contribution in [3.05, 3.63) is 34.1 Å². The number of halogens is 2. The van der Waals surface area contributed by atoms with Crippen molar-refractivity contribution in [1.82, 2.24) is 5.32 Å². The van der Waals surface area contributed by atoms with Crippen molar-refractivity contribution in [3.63, 3.8) is 0 Å². The maximum atomic E-state index is 13.3. The molecule has 1 rings (SSSR count). The van der Waals surface area contributed by atoms with Crippen LogP contribution in [0.1, 0.15) is 30.1 Å². The molecule has 98 valence electrons. The Hall–Kier alpha value is -1.01. The Kier molecular flexibility index (Phi) is 5.68. The number of amides is 1. The van der Waals surface area contributed by atoms with Crippen molar-refractivity contribution < 1.29 is 9.18 Å². The molecular formula is C12H14BrFN2OS. The lowest BCUT2D eigenvalue weighted by Gasteiger charge is -2.17. The van der Waals surface area contributed by atoms with Gasteiger partial charge in [0.2, 0.25) is 0 Å². The lowest BCUT2D eigenvalue weighted by Crippen LogP contribution is -2.43. The number of hydrogen-bond acceptors (Lipinski definition) is 2. The Labute approximate surface area is 119 Å². The summed E-state index contributed by atoms with van der Waals surface area (Å²) < 4.78 is 13.4. The van der Waals surface area contributed by atoms with Crippen molar-refractivity contribution in [2.75, 3.05) is 0 Å². The van der Waals surface area contributed by atoms with E-state index in [1.165, 1.54) is 18.2 Å². The predicted molar refractivity (Wildman–Crippen MR) is 77.0 cm³/mol. The minimum atomic E-state index is -0.481. The lowest BCUT2D eigenvalue weighted by molar-refractivity contribution is 0.0944. The Morgan fingerprint density at radius 1 is 1.61 bits per heavy atom. The van der Waals surface area contributed by atoms with Crippen LogP contribution in [0.3, 0.4) is 0 Å². The first-order chi connectivity index (χ1) is 8.47. The van der Waals surface area contributed by atoms with Crippen molar-refractivity contribution in [2.24, 2.45) is 5.73 Å². The topological polar surface area (TPSA) is 55.1 Å². The van der Waals surface area contributed by atoms with Gasteiger partial charge in [-0.3, -0.25) is 4.79 Å². The smallest absolute Gasteiger partial charge is 0.253 e. The highest BCUT2D eigenvalue weighted by molar-refractivity contribution is 9.10. The molecule has 0 bridgehead atoms. The highest BCUT2D eigenvalue weighted by atomic mass is 79.9. The number of nitrogens with one attached hydrogen (secondary N) is 1. The Morgan fingerprint density at radius 2 is 2.28 bits per heavy atom. The summed E-state index contributed by atoms with van der Waals surface area (Å²) in [6.07, 6.45) is 1.50. The molecule has 1 amide bonds. The molecule has 0 spiro atoms. The van der Waals surface area contributed by atoms with Gasteiger partial charge in [0.1, 0.15) is 5.82 Å². The van der Waals surface area contributed by atoms with Crippen LogP contribution in [0.25, 0.3) is 0 Å². The monoisotopic (exact) mass is 332 g/mol. The highest BCUT2D eigenvalue weighted by Gasteiger charge is 2.18. The number of benzene rings is 1. The molecule has 1 aromatic rings. The van der Waals surface area contributed by atoms with Crippen LogP contribution in [0.15, 0.2) is 22.7 Å². The Morgan fingerprint density at radius 3 is 2.83 bits per heavy atom. The number of rotatable bonds is 5. The van der Waals surface area contributed by atoms with E-state index in [9.17, 15) is 9.18 Å². The Bertz CT molecular complexity index is 467. The molecule has 6 heteroatoms. The maximum absolute atomic E-state index is 13.3. The molecule has 0 aliphatic carbocycles. The fourth-order valence-corrected chi connectivity index (χ4v) is 2.11. The molecule has 1 aromatic carbocycles. The second-order valence-corrected chi connectivity index (χ2v) is 5.08. The zero-order valence-corrected chi connectivity index (χ0v) is 12.3. The molecule has 0 aliphatic rings. The average Bonchev–Trinajstić information content (AvgIpc) is 2.31. The minimum Gasteiger partial charge on any atom is -0.392 e. The molecule has 0 fully saturated rings. The van der Waals surface area contributed by atoms with Crippen LogP contribution in [-0.2, 0) is 0 Å². The van der Waals surface area contributed by atoms with E-state index in [1.807, 2.05) is 6.92 Å². The summed E-state index contributed by atoms with van der Waals surface area (Å²) >= 11 is 7.93. The summed E-state index contributed by atoms with van der Waals surface area (Å²) in [7, 11) is 0. The van der Waals surface area contributed by atoms with Crippen LogP contribution in [0, 0.1) is 5.82 Å². The first kappa shape index (κ1) is 15.0. The van der Waals surface area contributed by atoms with Gasteiger partial charge in [0.15, 0.2) is 0 Å². The van der Waals surface area contributed by atoms with E-state index < -0.39 is 11.7 Å². The normalized spacial score (nSPS) is 11.9. The van der Waals surface area contributed by atoms with E-state index in [0.29, 0.717) is 6.42 Å². The molecule has 3 nitrogen and oxygen atoms in total. The van der Waals surface area contributed by atoms with Gasteiger partial charge in [-0.15, -0.1) is 0 Å². The van der Waals surface area contributed by atoms with E-state index in [0.717, 1.165) is 6.42 Å². The van der Waals surface area contributed by atoms with E-state index in [2.05, 4.69) is 21.2 Å². The van der Waals surface area contributed by atoms with E-state index in [4.69, 9.17) is 18.0 Å². The summed E-state index contributed by atoms with van der Waals surface area (Å²) in [6, 6.07) is 3.92. The van der Waals surface area contributed by atoms with Gasteiger partial charge in [-0.1, -0.05) is 31.6 Å². The summed E-state index contributed by atoms with van der Waals surface area (Å²) in [5.41, 5.74) is 5.78. The average molecular weight is 333 g/mol. The van der Waals surface area contributed by atoms with E-state index in [-0.39, 0.29) is 21.1 Å². The SMILES string of the molecule is CCCC(NC(=O)c1cccc(F)c1Br)C(N)=S. The lowest BCUT2D eigenvalue weighted by atomic mass is 10.1. The van der Waals surface area contributed by atoms with Crippen LogP contribution >= 0.6 is 28.1 Å². The summed E-state index contributed by atoms with van der Waals surface area (Å²) in [5, 5.41) is 2.70. The first-order valence-electron chi connectivity index (χ1n) is 5.51. The Balaban J connectivity index is 2.87. The summed E-state index contributed by atoms with van der Waals surface area (Å²) in [4.78, 5) is 12.2. The number of carbonyl (C=O) groups excluding carboxylic acids is 1. The quantitative estimate of drug-likeness (QED) is 0.815. The molecular weight excluding hydrogens is 319 g/mol. The molecule has 1 atom stereocenters. The summed E-state index contributed by atoms with van der Waals surface area (Å²) in [5.74, 6) is -0.877. The van der Waals surface area contributed by atoms with Crippen molar-refractivity contribution in [2.45, 2.75) is 25.8 Å². The van der Waals surface area contributed by atoms with Crippen LogP contribution < -0.4 is 11.1 Å².